The van der Waals surface area contributed by atoms with Crippen molar-refractivity contribution in [3.8, 4) is 0 Å². The van der Waals surface area contributed by atoms with Gasteiger partial charge in [0.25, 0.3) is 0 Å². The third kappa shape index (κ3) is 2.88. The van der Waals surface area contributed by atoms with Crippen LogP contribution in [0.4, 0.5) is 0 Å². The topological polar surface area (TPSA) is 58.3 Å². The Morgan fingerprint density at radius 3 is 3.00 bits per heavy atom. The Hall–Kier alpha value is -0.420. The van der Waals surface area contributed by atoms with Crippen LogP contribution in [-0.2, 0) is 0 Å². The van der Waals surface area contributed by atoms with Gasteiger partial charge in [-0.15, -0.1) is 11.3 Å². The molecule has 2 rings (SSSR count). The molecule has 3 atom stereocenters. The average molecular weight is 254 g/mol. The zero-order chi connectivity index (χ0) is 12.3. The summed E-state index contributed by atoms with van der Waals surface area (Å²) in [5, 5.41) is 15.1. The van der Waals surface area contributed by atoms with Crippen LogP contribution in [0.2, 0.25) is 0 Å². The van der Waals surface area contributed by atoms with E-state index < -0.39 is 0 Å². The second-order valence-corrected chi connectivity index (χ2v) is 5.85. The fourth-order valence-electron chi connectivity index (χ4n) is 2.73. The van der Waals surface area contributed by atoms with E-state index in [1.165, 1.54) is 16.9 Å². The van der Waals surface area contributed by atoms with Gasteiger partial charge in [0.05, 0.1) is 6.04 Å². The van der Waals surface area contributed by atoms with Gasteiger partial charge in [0, 0.05) is 24.1 Å². The van der Waals surface area contributed by atoms with Gasteiger partial charge in [0.2, 0.25) is 0 Å². The summed E-state index contributed by atoms with van der Waals surface area (Å²) in [4.78, 5) is 1.34. The average Bonchev–Trinajstić information content (AvgIpc) is 2.94. The van der Waals surface area contributed by atoms with Crippen LogP contribution in [0.1, 0.15) is 35.7 Å². The number of aliphatic hydroxyl groups is 1. The predicted molar refractivity (Wildman–Crippen MR) is 72.2 cm³/mol. The Morgan fingerprint density at radius 2 is 2.41 bits per heavy atom. The van der Waals surface area contributed by atoms with Gasteiger partial charge in [0.1, 0.15) is 0 Å². The largest absolute Gasteiger partial charge is 0.396 e. The normalized spacial score (nSPS) is 26.3. The molecule has 0 aromatic carbocycles. The first-order chi connectivity index (χ1) is 8.26. The minimum atomic E-state index is 0.243. The van der Waals surface area contributed by atoms with Crippen LogP contribution in [0.15, 0.2) is 11.4 Å². The van der Waals surface area contributed by atoms with E-state index in [4.69, 9.17) is 5.73 Å². The summed E-state index contributed by atoms with van der Waals surface area (Å²) in [7, 11) is 0. The summed E-state index contributed by atoms with van der Waals surface area (Å²) in [6.07, 6.45) is 3.50. The van der Waals surface area contributed by atoms with E-state index >= 15 is 0 Å². The van der Waals surface area contributed by atoms with Gasteiger partial charge >= 0.3 is 0 Å². The standard InChI is InChI=1S/C13H22N2OS/c1-9-5-6-17-13(9)12(7-14)15-11-4-2-3-10(11)8-16/h5-6,10-12,15-16H,2-4,7-8,14H2,1H3. The molecule has 0 radical (unpaired) electrons. The van der Waals surface area contributed by atoms with Crippen molar-refractivity contribution in [3.05, 3.63) is 21.9 Å². The molecule has 1 aromatic heterocycles. The monoisotopic (exact) mass is 254 g/mol. The van der Waals surface area contributed by atoms with E-state index in [2.05, 4.69) is 23.7 Å². The molecule has 1 fully saturated rings. The number of hydrogen-bond acceptors (Lipinski definition) is 4. The third-order valence-corrected chi connectivity index (χ3v) is 4.90. The van der Waals surface area contributed by atoms with Crippen LogP contribution in [0.3, 0.4) is 0 Å². The van der Waals surface area contributed by atoms with Gasteiger partial charge in [-0.3, -0.25) is 0 Å². The first-order valence-corrected chi connectivity index (χ1v) is 7.25. The molecule has 3 unspecified atom stereocenters. The van der Waals surface area contributed by atoms with Gasteiger partial charge in [-0.1, -0.05) is 6.42 Å². The van der Waals surface area contributed by atoms with Crippen molar-refractivity contribution in [2.75, 3.05) is 13.2 Å². The van der Waals surface area contributed by atoms with Crippen LogP contribution >= 0.6 is 11.3 Å². The second-order valence-electron chi connectivity index (χ2n) is 4.90. The Balaban J connectivity index is 2.03. The number of thiophene rings is 1. The molecule has 0 aliphatic heterocycles. The molecule has 3 nitrogen and oxygen atoms in total. The molecular formula is C13H22N2OS. The first-order valence-electron chi connectivity index (χ1n) is 6.37. The lowest BCUT2D eigenvalue weighted by Gasteiger charge is -2.25. The van der Waals surface area contributed by atoms with Gasteiger partial charge < -0.3 is 16.2 Å². The number of aryl methyl sites for hydroxylation is 1. The summed E-state index contributed by atoms with van der Waals surface area (Å²) in [5.41, 5.74) is 7.20. The number of nitrogens with two attached hydrogens (primary N) is 1. The van der Waals surface area contributed by atoms with Crippen molar-refractivity contribution in [2.45, 2.75) is 38.3 Å². The fourth-order valence-corrected chi connectivity index (χ4v) is 3.73. The van der Waals surface area contributed by atoms with Crippen molar-refractivity contribution in [1.82, 2.24) is 5.32 Å². The van der Waals surface area contributed by atoms with Crippen molar-refractivity contribution in [1.29, 1.82) is 0 Å². The Kier molecular flexibility index (Phi) is 4.56. The first kappa shape index (κ1) is 13.0. The highest BCUT2D eigenvalue weighted by molar-refractivity contribution is 7.10. The maximum Gasteiger partial charge on any atom is 0.0544 e. The molecule has 0 bridgehead atoms. The van der Waals surface area contributed by atoms with Gasteiger partial charge in [-0.05, 0) is 42.7 Å². The van der Waals surface area contributed by atoms with E-state index in [-0.39, 0.29) is 6.04 Å². The Bertz CT molecular complexity index is 353. The lowest BCUT2D eigenvalue weighted by molar-refractivity contribution is 0.200. The Morgan fingerprint density at radius 1 is 1.59 bits per heavy atom. The molecule has 1 saturated carbocycles. The van der Waals surface area contributed by atoms with Crippen molar-refractivity contribution in [2.24, 2.45) is 11.7 Å². The fraction of sp³-hybridized carbons (Fsp3) is 0.692. The lowest BCUT2D eigenvalue weighted by atomic mass is 10.0. The highest BCUT2D eigenvalue weighted by atomic mass is 32.1. The van der Waals surface area contributed by atoms with Gasteiger partial charge in [0.15, 0.2) is 0 Å². The van der Waals surface area contributed by atoms with Crippen molar-refractivity contribution >= 4 is 11.3 Å². The summed E-state index contributed by atoms with van der Waals surface area (Å²) in [5.74, 6) is 0.407. The van der Waals surface area contributed by atoms with Crippen LogP contribution in [0.25, 0.3) is 0 Å². The zero-order valence-corrected chi connectivity index (χ0v) is 11.2. The summed E-state index contributed by atoms with van der Waals surface area (Å²) in [6, 6.07) is 2.81. The number of aliphatic hydroxyl groups excluding tert-OH is 1. The lowest BCUT2D eigenvalue weighted by Crippen LogP contribution is -2.39. The van der Waals surface area contributed by atoms with E-state index in [9.17, 15) is 5.11 Å². The van der Waals surface area contributed by atoms with Crippen molar-refractivity contribution in [3.63, 3.8) is 0 Å². The summed E-state index contributed by atoms with van der Waals surface area (Å²) >= 11 is 1.77. The van der Waals surface area contributed by atoms with E-state index in [1.54, 1.807) is 11.3 Å². The molecule has 0 saturated heterocycles. The molecule has 1 aliphatic rings. The molecule has 1 heterocycles. The zero-order valence-electron chi connectivity index (χ0n) is 10.4. The SMILES string of the molecule is Cc1ccsc1C(CN)NC1CCCC1CO. The molecule has 4 heteroatoms. The highest BCUT2D eigenvalue weighted by Gasteiger charge is 2.29. The molecule has 96 valence electrons. The van der Waals surface area contributed by atoms with Crippen LogP contribution < -0.4 is 11.1 Å². The quantitative estimate of drug-likeness (QED) is 0.751. The predicted octanol–water partition coefficient (Wildman–Crippen LogP) is 1.81. The van der Waals surface area contributed by atoms with Gasteiger partial charge in [-0.2, -0.15) is 0 Å². The third-order valence-electron chi connectivity index (χ3n) is 3.76. The van der Waals surface area contributed by atoms with Crippen molar-refractivity contribution < 1.29 is 5.11 Å². The molecule has 4 N–H and O–H groups in total. The molecule has 1 aromatic rings. The van der Waals surface area contributed by atoms with E-state index in [1.807, 2.05) is 0 Å². The second kappa shape index (κ2) is 5.96. The molecule has 0 spiro atoms. The number of hydrogen-bond donors (Lipinski definition) is 3. The molecular weight excluding hydrogens is 232 g/mol. The van der Waals surface area contributed by atoms with Gasteiger partial charge in [-0.25, -0.2) is 0 Å². The number of nitrogens with one attached hydrogen (secondary N) is 1. The van der Waals surface area contributed by atoms with Crippen LogP contribution in [0, 0.1) is 12.8 Å². The summed E-state index contributed by atoms with van der Waals surface area (Å²) < 4.78 is 0. The summed E-state index contributed by atoms with van der Waals surface area (Å²) in [6.45, 7) is 3.04. The van der Waals surface area contributed by atoms with E-state index in [0.29, 0.717) is 25.1 Å². The minimum absolute atomic E-state index is 0.243. The molecule has 0 amide bonds. The molecule has 1 aliphatic carbocycles. The molecule has 17 heavy (non-hydrogen) atoms. The highest BCUT2D eigenvalue weighted by Crippen LogP contribution is 2.29. The van der Waals surface area contributed by atoms with Crippen LogP contribution in [-0.4, -0.2) is 24.3 Å². The number of rotatable bonds is 5. The maximum atomic E-state index is 9.34. The Labute approximate surface area is 107 Å². The minimum Gasteiger partial charge on any atom is -0.396 e. The smallest absolute Gasteiger partial charge is 0.0544 e. The van der Waals surface area contributed by atoms with E-state index in [0.717, 1.165) is 12.8 Å². The van der Waals surface area contributed by atoms with Crippen LogP contribution in [0.5, 0.6) is 0 Å². The maximum absolute atomic E-state index is 9.34.